The minimum absolute atomic E-state index is 0.683. The summed E-state index contributed by atoms with van der Waals surface area (Å²) in [6.07, 6.45) is 13.1. The molecule has 0 saturated carbocycles. The number of benzene rings is 5. The highest BCUT2D eigenvalue weighted by molar-refractivity contribution is 5.74. The van der Waals surface area contributed by atoms with E-state index in [4.69, 9.17) is 0 Å². The molecular formula is C42H32O4. The molecular weight excluding hydrogens is 568 g/mol. The molecule has 0 radical (unpaired) electrons. The van der Waals surface area contributed by atoms with Gasteiger partial charge in [0, 0.05) is 0 Å². The summed E-state index contributed by atoms with van der Waals surface area (Å²) in [6, 6.07) is 39.2. The van der Waals surface area contributed by atoms with E-state index >= 15 is 0 Å². The summed E-state index contributed by atoms with van der Waals surface area (Å²) >= 11 is 0. The molecule has 0 atom stereocenters. The molecule has 5 aromatic carbocycles. The second-order valence-corrected chi connectivity index (χ2v) is 12.5. The van der Waals surface area contributed by atoms with Crippen molar-refractivity contribution in [1.82, 2.24) is 0 Å². The van der Waals surface area contributed by atoms with Gasteiger partial charge in [-0.3, -0.25) is 0 Å². The van der Waals surface area contributed by atoms with Crippen LogP contribution in [0.4, 0.5) is 0 Å². The first-order valence-corrected chi connectivity index (χ1v) is 15.4. The summed E-state index contributed by atoms with van der Waals surface area (Å²) in [5, 5.41) is 46.0. The molecule has 4 nitrogen and oxygen atoms in total. The van der Waals surface area contributed by atoms with Crippen LogP contribution in [-0.4, -0.2) is 20.4 Å². The zero-order valence-corrected chi connectivity index (χ0v) is 25.0. The van der Waals surface area contributed by atoms with Crippen LogP contribution in [0.5, 0.6) is 0 Å². The highest BCUT2D eigenvalue weighted by Crippen LogP contribution is 2.39. The molecule has 0 aromatic heterocycles. The Morgan fingerprint density at radius 3 is 0.717 bits per heavy atom. The van der Waals surface area contributed by atoms with Crippen molar-refractivity contribution in [3.05, 3.63) is 192 Å². The molecule has 4 heteroatoms. The van der Waals surface area contributed by atoms with Crippen molar-refractivity contribution in [3.63, 3.8) is 0 Å². The monoisotopic (exact) mass is 600 g/mol. The Bertz CT molecular complexity index is 1890. The summed E-state index contributed by atoms with van der Waals surface area (Å²) in [7, 11) is 0. The van der Waals surface area contributed by atoms with Crippen molar-refractivity contribution in [1.29, 1.82) is 0 Å². The van der Waals surface area contributed by atoms with Gasteiger partial charge in [0.2, 0.25) is 0 Å². The molecule has 0 spiro atoms. The molecule has 0 saturated heterocycles. The highest BCUT2D eigenvalue weighted by Gasteiger charge is 2.35. The first-order valence-electron chi connectivity index (χ1n) is 15.4. The molecule has 224 valence electrons. The fourth-order valence-corrected chi connectivity index (χ4v) is 6.61. The van der Waals surface area contributed by atoms with Crippen LogP contribution in [0.25, 0.3) is 33.4 Å². The quantitative estimate of drug-likeness (QED) is 0.140. The van der Waals surface area contributed by atoms with Gasteiger partial charge < -0.3 is 20.4 Å². The predicted octanol–water partition coefficient (Wildman–Crippen LogP) is 7.40. The molecule has 12 aliphatic carbocycles. The average molecular weight is 601 g/mol. The van der Waals surface area contributed by atoms with Crippen molar-refractivity contribution < 1.29 is 20.4 Å². The largest absolute Gasteiger partial charge is 0.377 e. The van der Waals surface area contributed by atoms with E-state index in [1.165, 1.54) is 0 Å². The van der Waals surface area contributed by atoms with Crippen LogP contribution in [0.1, 0.15) is 22.3 Å². The third-order valence-corrected chi connectivity index (χ3v) is 9.62. The van der Waals surface area contributed by atoms with E-state index < -0.39 is 22.4 Å². The number of hydrogen-bond acceptors (Lipinski definition) is 4. The lowest BCUT2D eigenvalue weighted by Crippen LogP contribution is -2.30. The molecule has 0 amide bonds. The van der Waals surface area contributed by atoms with Crippen molar-refractivity contribution in [2.45, 2.75) is 22.4 Å². The topological polar surface area (TPSA) is 80.9 Å². The van der Waals surface area contributed by atoms with Crippen molar-refractivity contribution in [3.8, 4) is 33.4 Å². The third-order valence-electron chi connectivity index (χ3n) is 9.62. The lowest BCUT2D eigenvalue weighted by molar-refractivity contribution is 0.106. The minimum Gasteiger partial charge on any atom is -0.377 e. The van der Waals surface area contributed by atoms with Crippen LogP contribution in [0.3, 0.4) is 0 Å². The number of hydrogen-bond donors (Lipinski definition) is 4. The smallest absolute Gasteiger partial charge is 0.127 e. The Balaban J connectivity index is 1.22. The van der Waals surface area contributed by atoms with Crippen LogP contribution >= 0.6 is 0 Å². The zero-order valence-electron chi connectivity index (χ0n) is 25.0. The normalized spacial score (nSPS) is 27.1. The van der Waals surface area contributed by atoms with Crippen LogP contribution in [0, 0.1) is 0 Å². The highest BCUT2D eigenvalue weighted by atomic mass is 16.3. The van der Waals surface area contributed by atoms with Crippen molar-refractivity contribution in [2.75, 3.05) is 0 Å². The molecule has 0 heterocycles. The second-order valence-electron chi connectivity index (χ2n) is 12.5. The number of aliphatic hydroxyl groups is 4. The number of rotatable bonds is 0. The average Bonchev–Trinajstić information content (AvgIpc) is 3.11. The molecule has 4 N–H and O–H groups in total. The molecule has 17 rings (SSSR count). The fraction of sp³-hybridized carbons (Fsp3) is 0.0952. The second kappa shape index (κ2) is 10.2. The molecule has 46 heavy (non-hydrogen) atoms. The van der Waals surface area contributed by atoms with Gasteiger partial charge in [0.05, 0.1) is 0 Å². The Hall–Kier alpha value is -5.10. The van der Waals surface area contributed by atoms with Gasteiger partial charge in [-0.05, 0) is 110 Å². The van der Waals surface area contributed by atoms with Crippen LogP contribution in [0.2, 0.25) is 0 Å². The van der Waals surface area contributed by atoms with E-state index in [-0.39, 0.29) is 0 Å². The summed E-state index contributed by atoms with van der Waals surface area (Å²) in [6.45, 7) is 0. The predicted molar refractivity (Wildman–Crippen MR) is 181 cm³/mol. The Morgan fingerprint density at radius 1 is 0.261 bits per heavy atom. The maximum Gasteiger partial charge on any atom is 0.127 e. The molecule has 0 aliphatic heterocycles. The minimum atomic E-state index is -1.36. The van der Waals surface area contributed by atoms with Gasteiger partial charge in [0.15, 0.2) is 0 Å². The summed E-state index contributed by atoms with van der Waals surface area (Å²) in [4.78, 5) is 0. The molecule has 5 aromatic rings. The summed E-state index contributed by atoms with van der Waals surface area (Å²) < 4.78 is 0. The standard InChI is InChI=1S/C42H32O4/c43-39-20-24-41(45,25-21-39)37-16-8-31(9-17-37)33-2-1-3-34(28-33)32-10-18-38(19-11-32)42(46)26-22-40(44,23-27-42)36-14-6-30(7-15-36)29-4-12-35(39)13-5-29/h1-28,43-46H. The van der Waals surface area contributed by atoms with Gasteiger partial charge in [-0.25, -0.2) is 0 Å². The first kappa shape index (κ1) is 28.4. The zero-order chi connectivity index (χ0) is 31.6. The molecule has 0 unspecified atom stereocenters. The van der Waals surface area contributed by atoms with E-state index in [1.54, 1.807) is 48.6 Å². The third kappa shape index (κ3) is 4.71. The van der Waals surface area contributed by atoms with E-state index in [9.17, 15) is 20.4 Å². The summed E-state index contributed by atoms with van der Waals surface area (Å²) in [5.74, 6) is 0. The molecule has 0 fully saturated rings. The molecule has 14 bridgehead atoms. The maximum absolute atomic E-state index is 11.5. The Labute approximate surface area is 267 Å². The lowest BCUT2D eigenvalue weighted by atomic mass is 9.81. The fourth-order valence-electron chi connectivity index (χ4n) is 6.61. The van der Waals surface area contributed by atoms with E-state index in [2.05, 4.69) is 18.2 Å². The SMILES string of the molecule is OC12C=CC(O)(C=C1)c1ccc(cc1)-c1cccc(c1)-c1ccc(cc1)C1(O)C=CC(O)(C=C1)c1ccc(cc1)-c1ccc2cc1. The lowest BCUT2D eigenvalue weighted by Gasteiger charge is -2.31. The Morgan fingerprint density at radius 2 is 0.478 bits per heavy atom. The van der Waals surface area contributed by atoms with Gasteiger partial charge in [-0.1, -0.05) is 115 Å². The van der Waals surface area contributed by atoms with Crippen LogP contribution < -0.4 is 0 Å². The van der Waals surface area contributed by atoms with Crippen LogP contribution in [0.15, 0.2) is 170 Å². The van der Waals surface area contributed by atoms with E-state index in [1.807, 2.05) is 103 Å². The van der Waals surface area contributed by atoms with Crippen LogP contribution in [-0.2, 0) is 22.4 Å². The van der Waals surface area contributed by atoms with Gasteiger partial charge in [0.1, 0.15) is 22.4 Å². The van der Waals surface area contributed by atoms with Gasteiger partial charge in [-0.15, -0.1) is 0 Å². The molecule has 12 aliphatic rings. The van der Waals surface area contributed by atoms with Crippen molar-refractivity contribution >= 4 is 0 Å². The maximum atomic E-state index is 11.5. The van der Waals surface area contributed by atoms with Crippen molar-refractivity contribution in [2.24, 2.45) is 0 Å². The first-order chi connectivity index (χ1) is 22.1. The van der Waals surface area contributed by atoms with Gasteiger partial charge in [-0.2, -0.15) is 0 Å². The van der Waals surface area contributed by atoms with Gasteiger partial charge >= 0.3 is 0 Å². The summed E-state index contributed by atoms with van der Waals surface area (Å²) in [5.41, 5.74) is 3.36. The Kier molecular flexibility index (Phi) is 6.30. The van der Waals surface area contributed by atoms with E-state index in [0.29, 0.717) is 22.3 Å². The van der Waals surface area contributed by atoms with Gasteiger partial charge in [0.25, 0.3) is 0 Å². The van der Waals surface area contributed by atoms with E-state index in [0.717, 1.165) is 33.4 Å².